The number of hydrogen-bond acceptors (Lipinski definition) is 7. The summed E-state index contributed by atoms with van der Waals surface area (Å²) in [6, 6.07) is 20.5. The Balaban J connectivity index is 1.35. The number of fused-ring (bicyclic) bond motifs is 1. The van der Waals surface area contributed by atoms with Crippen molar-refractivity contribution in [2.75, 3.05) is 54.5 Å². The first kappa shape index (κ1) is 24.0. The molecule has 0 radical (unpaired) electrons. The van der Waals surface area contributed by atoms with Crippen LogP contribution in [0.25, 0.3) is 0 Å². The van der Waals surface area contributed by atoms with Crippen LogP contribution in [0.2, 0.25) is 0 Å². The van der Waals surface area contributed by atoms with Gasteiger partial charge in [0.25, 0.3) is 15.9 Å². The van der Waals surface area contributed by atoms with Gasteiger partial charge in [-0.25, -0.2) is 8.42 Å². The molecule has 2 aliphatic heterocycles. The second-order valence-corrected chi connectivity index (χ2v) is 10.3. The number of nitrogens with one attached hydrogen (secondary N) is 1. The second-order valence-electron chi connectivity index (χ2n) is 8.42. The van der Waals surface area contributed by atoms with E-state index in [0.717, 1.165) is 18.8 Å². The zero-order valence-corrected chi connectivity index (χ0v) is 20.6. The molecule has 1 atom stereocenters. The van der Waals surface area contributed by atoms with E-state index in [9.17, 15) is 13.2 Å². The Labute approximate surface area is 210 Å². The molecule has 2 heterocycles. The third-order valence-electron chi connectivity index (χ3n) is 6.19. The zero-order chi connectivity index (χ0) is 25.1. The lowest BCUT2D eigenvalue weighted by Gasteiger charge is -2.34. The van der Waals surface area contributed by atoms with Crippen molar-refractivity contribution < 1.29 is 27.4 Å². The highest BCUT2D eigenvalue weighted by molar-refractivity contribution is 7.92. The van der Waals surface area contributed by atoms with Crippen molar-refractivity contribution in [3.05, 3.63) is 72.8 Å². The number of carbonyl (C=O) groups is 1. The van der Waals surface area contributed by atoms with E-state index in [1.807, 2.05) is 24.3 Å². The number of amides is 1. The Morgan fingerprint density at radius 2 is 1.67 bits per heavy atom. The van der Waals surface area contributed by atoms with Crippen LogP contribution in [0.1, 0.15) is 0 Å². The van der Waals surface area contributed by atoms with Crippen LogP contribution < -0.4 is 24.0 Å². The SMILES string of the molecule is COc1ccc(S(=O)(=O)N2C[C@@H](C(=O)Nc3ccc(N4CCOCC4)cc3)Oc3ccccc32)cc1. The summed E-state index contributed by atoms with van der Waals surface area (Å²) in [5.74, 6) is 0.440. The molecule has 10 heteroatoms. The number of ether oxygens (including phenoxy) is 3. The Bertz CT molecular complexity index is 1320. The minimum Gasteiger partial charge on any atom is -0.497 e. The lowest BCUT2D eigenvalue weighted by Crippen LogP contribution is -2.48. The van der Waals surface area contributed by atoms with Crippen molar-refractivity contribution in [2.24, 2.45) is 0 Å². The van der Waals surface area contributed by atoms with Gasteiger partial charge < -0.3 is 24.4 Å². The molecule has 1 amide bonds. The molecule has 0 saturated carbocycles. The quantitative estimate of drug-likeness (QED) is 0.545. The number of para-hydroxylation sites is 2. The molecule has 2 aliphatic rings. The first-order valence-corrected chi connectivity index (χ1v) is 13.1. The topological polar surface area (TPSA) is 97.4 Å². The number of hydrogen-bond donors (Lipinski definition) is 1. The van der Waals surface area contributed by atoms with Crippen molar-refractivity contribution in [2.45, 2.75) is 11.0 Å². The van der Waals surface area contributed by atoms with Gasteiger partial charge in [0.15, 0.2) is 6.10 Å². The van der Waals surface area contributed by atoms with E-state index in [2.05, 4.69) is 10.2 Å². The monoisotopic (exact) mass is 509 g/mol. The van der Waals surface area contributed by atoms with E-state index in [1.165, 1.54) is 23.5 Å². The van der Waals surface area contributed by atoms with Gasteiger partial charge in [0.1, 0.15) is 11.5 Å². The van der Waals surface area contributed by atoms with Crippen molar-refractivity contribution in [1.82, 2.24) is 0 Å². The van der Waals surface area contributed by atoms with Gasteiger partial charge in [0.05, 0.1) is 37.5 Å². The summed E-state index contributed by atoms with van der Waals surface area (Å²) in [4.78, 5) is 15.5. The highest BCUT2D eigenvalue weighted by atomic mass is 32.2. The van der Waals surface area contributed by atoms with Crippen LogP contribution in [0.3, 0.4) is 0 Å². The molecule has 9 nitrogen and oxygen atoms in total. The molecule has 3 aromatic rings. The van der Waals surface area contributed by atoms with Gasteiger partial charge in [0.2, 0.25) is 0 Å². The van der Waals surface area contributed by atoms with E-state index in [-0.39, 0.29) is 11.4 Å². The summed E-state index contributed by atoms with van der Waals surface area (Å²) in [5.41, 5.74) is 2.03. The predicted molar refractivity (Wildman–Crippen MR) is 136 cm³/mol. The summed E-state index contributed by atoms with van der Waals surface area (Å²) in [6.07, 6.45) is -1.04. The Morgan fingerprint density at radius 1 is 0.972 bits per heavy atom. The van der Waals surface area contributed by atoms with Crippen LogP contribution >= 0.6 is 0 Å². The van der Waals surface area contributed by atoms with Crippen molar-refractivity contribution in [3.63, 3.8) is 0 Å². The maximum Gasteiger partial charge on any atom is 0.267 e. The average molecular weight is 510 g/mol. The number of anilines is 3. The van der Waals surface area contributed by atoms with Crippen molar-refractivity contribution >= 4 is 33.0 Å². The first-order chi connectivity index (χ1) is 17.5. The molecule has 1 fully saturated rings. The minimum atomic E-state index is -3.96. The molecule has 0 spiro atoms. The highest BCUT2D eigenvalue weighted by Gasteiger charge is 2.37. The second kappa shape index (κ2) is 10.1. The van der Waals surface area contributed by atoms with Gasteiger partial charge in [-0.3, -0.25) is 9.10 Å². The van der Waals surface area contributed by atoms with Gasteiger partial charge in [0, 0.05) is 24.5 Å². The lowest BCUT2D eigenvalue weighted by molar-refractivity contribution is -0.122. The van der Waals surface area contributed by atoms with E-state index >= 15 is 0 Å². The molecule has 5 rings (SSSR count). The highest BCUT2D eigenvalue weighted by Crippen LogP contribution is 2.37. The standard InChI is InChI=1S/C26H27N3O6S/c1-33-21-10-12-22(13-11-21)36(31,32)29-18-25(35-24-5-3-2-4-23(24)29)26(30)27-19-6-8-20(9-7-19)28-14-16-34-17-15-28/h2-13,25H,14-18H2,1H3,(H,27,30)/t25-/m0/s1. The number of morpholine rings is 1. The Hall–Kier alpha value is -3.76. The summed E-state index contributed by atoms with van der Waals surface area (Å²) in [6.45, 7) is 2.85. The van der Waals surface area contributed by atoms with Crippen LogP contribution in [0.5, 0.6) is 11.5 Å². The van der Waals surface area contributed by atoms with E-state index in [1.54, 1.807) is 36.4 Å². The number of rotatable bonds is 6. The fraction of sp³-hybridized carbons (Fsp3) is 0.269. The third kappa shape index (κ3) is 4.82. The molecular formula is C26H27N3O6S. The third-order valence-corrected chi connectivity index (χ3v) is 7.98. The fourth-order valence-electron chi connectivity index (χ4n) is 4.24. The number of nitrogens with zero attached hydrogens (tertiary/aromatic N) is 2. The van der Waals surface area contributed by atoms with E-state index in [4.69, 9.17) is 14.2 Å². The lowest BCUT2D eigenvalue weighted by atomic mass is 10.2. The molecule has 188 valence electrons. The number of sulfonamides is 1. The molecule has 1 N–H and O–H groups in total. The number of carbonyl (C=O) groups excluding carboxylic acids is 1. The van der Waals surface area contributed by atoms with Gasteiger partial charge in [-0.1, -0.05) is 12.1 Å². The summed E-state index contributed by atoms with van der Waals surface area (Å²) in [5, 5.41) is 2.85. The molecule has 3 aromatic carbocycles. The Morgan fingerprint density at radius 3 is 2.36 bits per heavy atom. The average Bonchev–Trinajstić information content (AvgIpc) is 2.93. The maximum atomic E-state index is 13.5. The smallest absolute Gasteiger partial charge is 0.267 e. The molecule has 0 unspecified atom stereocenters. The zero-order valence-electron chi connectivity index (χ0n) is 19.8. The van der Waals surface area contributed by atoms with Crippen LogP contribution in [0, 0.1) is 0 Å². The van der Waals surface area contributed by atoms with Crippen LogP contribution in [0.15, 0.2) is 77.7 Å². The normalized spacial score (nSPS) is 17.6. The molecule has 0 aliphatic carbocycles. The molecular weight excluding hydrogens is 482 g/mol. The van der Waals surface area contributed by atoms with Crippen LogP contribution in [-0.2, 0) is 19.6 Å². The Kier molecular flexibility index (Phi) is 6.71. The van der Waals surface area contributed by atoms with Gasteiger partial charge in [-0.2, -0.15) is 0 Å². The largest absolute Gasteiger partial charge is 0.497 e. The van der Waals surface area contributed by atoms with Gasteiger partial charge >= 0.3 is 0 Å². The van der Waals surface area contributed by atoms with Crippen molar-refractivity contribution in [1.29, 1.82) is 0 Å². The summed E-state index contributed by atoms with van der Waals surface area (Å²) in [7, 11) is -2.44. The molecule has 0 bridgehead atoms. The predicted octanol–water partition coefficient (Wildman–Crippen LogP) is 3.13. The minimum absolute atomic E-state index is 0.0952. The van der Waals surface area contributed by atoms with Crippen LogP contribution in [-0.4, -0.2) is 60.4 Å². The first-order valence-electron chi connectivity index (χ1n) is 11.6. The molecule has 1 saturated heterocycles. The molecule has 36 heavy (non-hydrogen) atoms. The summed E-state index contributed by atoms with van der Waals surface area (Å²) >= 11 is 0. The maximum absolute atomic E-state index is 13.5. The van der Waals surface area contributed by atoms with Gasteiger partial charge in [-0.05, 0) is 60.7 Å². The van der Waals surface area contributed by atoms with Crippen LogP contribution in [0.4, 0.5) is 17.1 Å². The fourth-order valence-corrected chi connectivity index (χ4v) is 5.72. The van der Waals surface area contributed by atoms with Gasteiger partial charge in [-0.15, -0.1) is 0 Å². The number of benzene rings is 3. The number of methoxy groups -OCH3 is 1. The van der Waals surface area contributed by atoms with Crippen molar-refractivity contribution in [3.8, 4) is 11.5 Å². The van der Waals surface area contributed by atoms with E-state index in [0.29, 0.717) is 36.1 Å². The van der Waals surface area contributed by atoms with E-state index < -0.39 is 22.0 Å². The molecule has 0 aromatic heterocycles. The summed E-state index contributed by atoms with van der Waals surface area (Å²) < 4.78 is 44.8.